The van der Waals surface area contributed by atoms with Gasteiger partial charge < -0.3 is 14.2 Å². The predicted molar refractivity (Wildman–Crippen MR) is 158 cm³/mol. The molecule has 1 spiro atoms. The summed E-state index contributed by atoms with van der Waals surface area (Å²) in [5.74, 6) is 0.318. The number of nitrogens with two attached hydrogens (primary N) is 1. The molecule has 0 bridgehead atoms. The molecule has 1 aliphatic heterocycles. The lowest BCUT2D eigenvalue weighted by Crippen LogP contribution is -2.46. The van der Waals surface area contributed by atoms with Gasteiger partial charge in [0.15, 0.2) is 0 Å². The van der Waals surface area contributed by atoms with E-state index in [9.17, 15) is 26.0 Å². The van der Waals surface area contributed by atoms with Crippen molar-refractivity contribution in [2.45, 2.75) is 63.3 Å². The van der Waals surface area contributed by atoms with E-state index in [-0.39, 0.29) is 27.6 Å². The van der Waals surface area contributed by atoms with Crippen LogP contribution in [0.15, 0.2) is 59.5 Å². The Morgan fingerprint density at radius 2 is 1.52 bits per heavy atom. The zero-order valence-corrected chi connectivity index (χ0v) is 25.4. The summed E-state index contributed by atoms with van der Waals surface area (Å²) < 4.78 is 92.5. The number of ether oxygens (including phenoxy) is 3. The molecule has 0 atom stereocenters. The summed E-state index contributed by atoms with van der Waals surface area (Å²) in [5.41, 5.74) is 2.85. The standard InChI is InChI=1S/C32H36F4N2O5S/c1-3-41-27-15-21(16-28(42-4-2)30(27)22-5-7-24(33)8-6-22)20-38-13-11-31(12-14-38)18-23(19-31)26-17-25(43-32(34,35)36)9-10-29(26)44(37,39)40/h5-10,15-17,23H,3-4,11-14,18-20H2,1-2H3,(H2,37,39,40). The first kappa shape index (κ1) is 32.1. The molecular weight excluding hydrogens is 600 g/mol. The van der Waals surface area contributed by atoms with Crippen LogP contribution in [-0.2, 0) is 16.6 Å². The van der Waals surface area contributed by atoms with Gasteiger partial charge in [-0.1, -0.05) is 12.1 Å². The smallest absolute Gasteiger partial charge is 0.493 e. The van der Waals surface area contributed by atoms with E-state index < -0.39 is 22.1 Å². The zero-order chi connectivity index (χ0) is 31.7. The number of piperidine rings is 1. The molecule has 0 aromatic heterocycles. The molecule has 3 aromatic carbocycles. The number of hydrogen-bond donors (Lipinski definition) is 1. The fourth-order valence-electron chi connectivity index (χ4n) is 6.53. The third kappa shape index (κ3) is 7.30. The molecule has 0 amide bonds. The zero-order valence-electron chi connectivity index (χ0n) is 24.6. The number of halogens is 4. The maximum atomic E-state index is 13.6. The molecule has 238 valence electrons. The number of rotatable bonds is 10. The average molecular weight is 637 g/mol. The lowest BCUT2D eigenvalue weighted by Gasteiger charge is -2.53. The molecule has 2 fully saturated rings. The van der Waals surface area contributed by atoms with Crippen LogP contribution >= 0.6 is 0 Å². The molecule has 44 heavy (non-hydrogen) atoms. The normalized spacial score (nSPS) is 17.3. The number of benzene rings is 3. The minimum absolute atomic E-state index is 0.0168. The van der Waals surface area contributed by atoms with Crippen molar-refractivity contribution in [3.8, 4) is 28.4 Å². The highest BCUT2D eigenvalue weighted by atomic mass is 32.2. The molecule has 1 heterocycles. The average Bonchev–Trinajstić information content (AvgIpc) is 2.92. The molecule has 12 heteroatoms. The van der Waals surface area contributed by atoms with Crippen LogP contribution in [0.3, 0.4) is 0 Å². The first-order chi connectivity index (χ1) is 20.8. The lowest BCUT2D eigenvalue weighted by atomic mass is 9.56. The van der Waals surface area contributed by atoms with Gasteiger partial charge in [0.25, 0.3) is 0 Å². The molecule has 2 N–H and O–H groups in total. The second-order valence-corrected chi connectivity index (χ2v) is 13.0. The highest BCUT2D eigenvalue weighted by Crippen LogP contribution is 2.58. The summed E-state index contributed by atoms with van der Waals surface area (Å²) in [6.45, 7) is 6.99. The van der Waals surface area contributed by atoms with Crippen molar-refractivity contribution in [3.05, 3.63) is 71.5 Å². The van der Waals surface area contributed by atoms with Crippen LogP contribution in [0.1, 0.15) is 56.6 Å². The van der Waals surface area contributed by atoms with Gasteiger partial charge in [0.2, 0.25) is 10.0 Å². The van der Waals surface area contributed by atoms with Gasteiger partial charge in [-0.2, -0.15) is 0 Å². The van der Waals surface area contributed by atoms with E-state index in [4.69, 9.17) is 14.6 Å². The molecule has 1 aliphatic carbocycles. The summed E-state index contributed by atoms with van der Waals surface area (Å²) in [7, 11) is -4.12. The Kier molecular flexibility index (Phi) is 9.16. The van der Waals surface area contributed by atoms with E-state index >= 15 is 0 Å². The van der Waals surface area contributed by atoms with Gasteiger partial charge in [-0.3, -0.25) is 4.90 Å². The van der Waals surface area contributed by atoms with Gasteiger partial charge in [-0.25, -0.2) is 17.9 Å². The van der Waals surface area contributed by atoms with Crippen molar-refractivity contribution in [2.24, 2.45) is 10.6 Å². The first-order valence-corrected chi connectivity index (χ1v) is 16.2. The molecule has 0 radical (unpaired) electrons. The van der Waals surface area contributed by atoms with E-state index in [1.165, 1.54) is 12.1 Å². The summed E-state index contributed by atoms with van der Waals surface area (Å²) in [5, 5.41) is 5.39. The minimum Gasteiger partial charge on any atom is -0.493 e. The Bertz CT molecular complexity index is 1550. The van der Waals surface area contributed by atoms with Crippen LogP contribution in [-0.4, -0.2) is 46.0 Å². The van der Waals surface area contributed by atoms with Crippen molar-refractivity contribution < 1.29 is 40.2 Å². The van der Waals surface area contributed by atoms with E-state index in [1.54, 1.807) is 12.1 Å². The number of hydrogen-bond acceptors (Lipinski definition) is 6. The van der Waals surface area contributed by atoms with E-state index in [2.05, 4.69) is 9.64 Å². The van der Waals surface area contributed by atoms with Gasteiger partial charge in [0.1, 0.15) is 23.1 Å². The maximum Gasteiger partial charge on any atom is 0.573 e. The Hall–Kier alpha value is -3.35. The molecule has 5 rings (SSSR count). The van der Waals surface area contributed by atoms with Crippen LogP contribution in [0.2, 0.25) is 0 Å². The number of likely N-dealkylation sites (tertiary alicyclic amines) is 1. The largest absolute Gasteiger partial charge is 0.573 e. The molecule has 3 aromatic rings. The van der Waals surface area contributed by atoms with Crippen LogP contribution in [0.5, 0.6) is 17.2 Å². The quantitative estimate of drug-likeness (QED) is 0.241. The fraction of sp³-hybridized carbons (Fsp3) is 0.438. The van der Waals surface area contributed by atoms with Crippen LogP contribution in [0, 0.1) is 11.2 Å². The highest BCUT2D eigenvalue weighted by Gasteiger charge is 2.47. The fourth-order valence-corrected chi connectivity index (χ4v) is 7.35. The van der Waals surface area contributed by atoms with Gasteiger partial charge in [0.05, 0.1) is 23.7 Å². The summed E-state index contributed by atoms with van der Waals surface area (Å²) in [6.07, 6.45) is -1.82. The SMILES string of the molecule is CCOc1cc(CN2CCC3(CC2)CC(c2cc(OC(F)(F)F)ccc2S(N)(=O)=O)C3)cc(OCC)c1-c1ccc(F)cc1. The van der Waals surface area contributed by atoms with Crippen LogP contribution < -0.4 is 19.3 Å². The van der Waals surface area contributed by atoms with Crippen molar-refractivity contribution >= 4 is 10.0 Å². The Balaban J connectivity index is 1.28. The number of alkyl halides is 3. The minimum atomic E-state index is -4.89. The Morgan fingerprint density at radius 3 is 2.05 bits per heavy atom. The van der Waals surface area contributed by atoms with Gasteiger partial charge in [-0.15, -0.1) is 13.2 Å². The van der Waals surface area contributed by atoms with Gasteiger partial charge >= 0.3 is 6.36 Å². The van der Waals surface area contributed by atoms with Crippen molar-refractivity contribution in [1.29, 1.82) is 0 Å². The third-order valence-electron chi connectivity index (χ3n) is 8.50. The first-order valence-electron chi connectivity index (χ1n) is 14.6. The second kappa shape index (κ2) is 12.6. The molecule has 0 unspecified atom stereocenters. The number of sulfonamides is 1. The van der Waals surface area contributed by atoms with Crippen molar-refractivity contribution in [1.82, 2.24) is 4.90 Å². The lowest BCUT2D eigenvalue weighted by molar-refractivity contribution is -0.274. The summed E-state index contributed by atoms with van der Waals surface area (Å²) in [6, 6.07) is 13.4. The third-order valence-corrected chi connectivity index (χ3v) is 9.49. The monoisotopic (exact) mass is 636 g/mol. The summed E-state index contributed by atoms with van der Waals surface area (Å²) >= 11 is 0. The summed E-state index contributed by atoms with van der Waals surface area (Å²) in [4.78, 5) is 2.17. The Labute approximate surface area is 255 Å². The highest BCUT2D eigenvalue weighted by molar-refractivity contribution is 7.89. The Morgan fingerprint density at radius 1 is 0.932 bits per heavy atom. The number of nitrogens with zero attached hydrogens (tertiary/aromatic N) is 1. The van der Waals surface area contributed by atoms with E-state index in [0.717, 1.165) is 60.8 Å². The molecular formula is C32H36F4N2O5S. The predicted octanol–water partition coefficient (Wildman–Crippen LogP) is 7.00. The van der Waals surface area contributed by atoms with Crippen molar-refractivity contribution in [2.75, 3.05) is 26.3 Å². The molecule has 2 aliphatic rings. The second-order valence-electron chi connectivity index (χ2n) is 11.5. The number of primary sulfonamides is 1. The maximum absolute atomic E-state index is 13.6. The topological polar surface area (TPSA) is 91.1 Å². The van der Waals surface area contributed by atoms with Gasteiger partial charge in [0, 0.05) is 6.54 Å². The molecule has 1 saturated carbocycles. The molecule has 7 nitrogen and oxygen atoms in total. The van der Waals surface area contributed by atoms with Crippen molar-refractivity contribution in [3.63, 3.8) is 0 Å². The van der Waals surface area contributed by atoms with E-state index in [1.807, 2.05) is 26.0 Å². The van der Waals surface area contributed by atoms with Crippen LogP contribution in [0.25, 0.3) is 11.1 Å². The molecule has 1 saturated heterocycles. The van der Waals surface area contributed by atoms with Gasteiger partial charge in [-0.05, 0) is 123 Å². The van der Waals surface area contributed by atoms with Crippen LogP contribution in [0.4, 0.5) is 17.6 Å². The van der Waals surface area contributed by atoms with E-state index in [0.29, 0.717) is 44.1 Å².